The molecule has 0 aromatic rings. The van der Waals surface area contributed by atoms with Crippen LogP contribution in [0.5, 0.6) is 0 Å². The Bertz CT molecular complexity index is 314. The number of nitrogens with zero attached hydrogens (tertiary/aromatic N) is 1. The Hall–Kier alpha value is -1.14. The first-order valence-electron chi connectivity index (χ1n) is 7.31. The van der Waals surface area contributed by atoms with Crippen LogP contribution in [0.4, 0.5) is 0 Å². The number of carboxylic acid groups (broad SMARTS) is 1. The number of hydrogen-bond acceptors (Lipinski definition) is 4. The van der Waals surface area contributed by atoms with Gasteiger partial charge in [-0.15, -0.1) is 0 Å². The van der Waals surface area contributed by atoms with Crippen molar-refractivity contribution in [2.75, 3.05) is 32.8 Å². The molecule has 0 bridgehead atoms. The number of ether oxygens (including phenoxy) is 1. The van der Waals surface area contributed by atoms with Gasteiger partial charge in [0.2, 0.25) is 5.91 Å². The summed E-state index contributed by atoms with van der Waals surface area (Å²) in [4.78, 5) is 24.2. The quantitative estimate of drug-likeness (QED) is 0.687. The summed E-state index contributed by atoms with van der Waals surface area (Å²) in [7, 11) is 0. The molecule has 0 aromatic heterocycles. The molecule has 0 unspecified atom stereocenters. The topological polar surface area (TPSA) is 78.9 Å². The second-order valence-electron chi connectivity index (χ2n) is 5.63. The minimum atomic E-state index is -0.974. The molecule has 1 fully saturated rings. The van der Waals surface area contributed by atoms with Crippen LogP contribution in [-0.2, 0) is 14.3 Å². The highest BCUT2D eigenvalue weighted by molar-refractivity contribution is 5.81. The molecule has 20 heavy (non-hydrogen) atoms. The molecule has 1 amide bonds. The van der Waals surface area contributed by atoms with Crippen LogP contribution in [0.2, 0.25) is 0 Å². The van der Waals surface area contributed by atoms with Crippen LogP contribution < -0.4 is 5.32 Å². The van der Waals surface area contributed by atoms with Crippen molar-refractivity contribution < 1.29 is 19.4 Å². The molecular formula is C14H26N2O4. The number of piperidine rings is 1. The monoisotopic (exact) mass is 286 g/mol. The van der Waals surface area contributed by atoms with Crippen LogP contribution in [0.15, 0.2) is 0 Å². The zero-order chi connectivity index (χ0) is 15.0. The van der Waals surface area contributed by atoms with E-state index in [1.807, 2.05) is 13.8 Å². The van der Waals surface area contributed by atoms with Crippen LogP contribution in [0.3, 0.4) is 0 Å². The Kier molecular flexibility index (Phi) is 7.54. The summed E-state index contributed by atoms with van der Waals surface area (Å²) in [5.74, 6) is -0.864. The van der Waals surface area contributed by atoms with E-state index in [0.717, 1.165) is 25.9 Å². The van der Waals surface area contributed by atoms with Gasteiger partial charge < -0.3 is 20.1 Å². The van der Waals surface area contributed by atoms with Gasteiger partial charge in [0, 0.05) is 6.54 Å². The Labute approximate surface area is 120 Å². The van der Waals surface area contributed by atoms with Crippen LogP contribution in [0.1, 0.15) is 33.1 Å². The number of carbonyl (C=O) groups excluding carboxylic acids is 1. The second-order valence-corrected chi connectivity index (χ2v) is 5.63. The number of hydrogen-bond donors (Lipinski definition) is 2. The van der Waals surface area contributed by atoms with E-state index >= 15 is 0 Å². The van der Waals surface area contributed by atoms with Gasteiger partial charge in [-0.25, -0.2) is 0 Å². The summed E-state index contributed by atoms with van der Waals surface area (Å²) >= 11 is 0. The second kappa shape index (κ2) is 8.92. The van der Waals surface area contributed by atoms with Crippen LogP contribution >= 0.6 is 0 Å². The molecule has 0 aliphatic carbocycles. The van der Waals surface area contributed by atoms with E-state index in [2.05, 4.69) is 5.32 Å². The first kappa shape index (κ1) is 16.9. The molecule has 6 heteroatoms. The molecule has 2 N–H and O–H groups in total. The van der Waals surface area contributed by atoms with Crippen molar-refractivity contribution in [3.8, 4) is 0 Å². The molecule has 1 rings (SSSR count). The highest BCUT2D eigenvalue weighted by atomic mass is 16.5. The highest BCUT2D eigenvalue weighted by Gasteiger charge is 2.19. The third-order valence-corrected chi connectivity index (χ3v) is 3.22. The van der Waals surface area contributed by atoms with E-state index in [0.29, 0.717) is 13.2 Å². The van der Waals surface area contributed by atoms with Gasteiger partial charge in [0.25, 0.3) is 0 Å². The largest absolute Gasteiger partial charge is 0.480 e. The van der Waals surface area contributed by atoms with Gasteiger partial charge in [0.1, 0.15) is 6.54 Å². The average molecular weight is 286 g/mol. The summed E-state index contributed by atoms with van der Waals surface area (Å²) < 4.78 is 5.68. The summed E-state index contributed by atoms with van der Waals surface area (Å²) in [6.45, 7) is 6.45. The zero-order valence-electron chi connectivity index (χ0n) is 12.4. The third kappa shape index (κ3) is 6.86. The molecule has 1 saturated heterocycles. The van der Waals surface area contributed by atoms with Gasteiger partial charge in [-0.3, -0.25) is 9.59 Å². The lowest BCUT2D eigenvalue weighted by Crippen LogP contribution is -2.39. The van der Waals surface area contributed by atoms with Crippen LogP contribution in [-0.4, -0.2) is 60.8 Å². The number of rotatable bonds is 8. The van der Waals surface area contributed by atoms with Crippen LogP contribution in [0.25, 0.3) is 0 Å². The minimum absolute atomic E-state index is 0.143. The maximum atomic E-state index is 12.0. The molecule has 0 aromatic carbocycles. The van der Waals surface area contributed by atoms with E-state index in [1.165, 1.54) is 4.90 Å². The number of amides is 1. The number of carboxylic acids is 1. The first-order valence-corrected chi connectivity index (χ1v) is 7.31. The lowest BCUT2D eigenvalue weighted by Gasteiger charge is -2.25. The molecule has 1 aliphatic heterocycles. The van der Waals surface area contributed by atoms with E-state index in [-0.39, 0.29) is 30.9 Å². The van der Waals surface area contributed by atoms with Crippen molar-refractivity contribution in [1.82, 2.24) is 10.2 Å². The molecule has 1 heterocycles. The predicted octanol–water partition coefficient (Wildman–Crippen LogP) is 0.714. The number of carbonyl (C=O) groups is 2. The van der Waals surface area contributed by atoms with Gasteiger partial charge in [0.15, 0.2) is 0 Å². The van der Waals surface area contributed by atoms with Crippen molar-refractivity contribution in [1.29, 1.82) is 0 Å². The van der Waals surface area contributed by atoms with Gasteiger partial charge >= 0.3 is 5.97 Å². The van der Waals surface area contributed by atoms with Crippen molar-refractivity contribution in [2.45, 2.75) is 39.2 Å². The van der Waals surface area contributed by atoms with Crippen molar-refractivity contribution >= 4 is 11.9 Å². The van der Waals surface area contributed by atoms with E-state index in [1.54, 1.807) is 0 Å². The third-order valence-electron chi connectivity index (χ3n) is 3.22. The number of aliphatic carboxylic acids is 1. The fourth-order valence-corrected chi connectivity index (χ4v) is 2.29. The Morgan fingerprint density at radius 1 is 1.35 bits per heavy atom. The lowest BCUT2D eigenvalue weighted by atomic mass is 10.1. The molecular weight excluding hydrogens is 260 g/mol. The molecule has 0 spiro atoms. The molecule has 1 aliphatic rings. The summed E-state index contributed by atoms with van der Waals surface area (Å²) in [6, 6.07) is 0. The predicted molar refractivity (Wildman–Crippen MR) is 75.5 cm³/mol. The molecule has 0 atom stereocenters. The van der Waals surface area contributed by atoms with E-state index in [4.69, 9.17) is 9.84 Å². The maximum absolute atomic E-state index is 12.0. The van der Waals surface area contributed by atoms with E-state index < -0.39 is 5.97 Å². The average Bonchev–Trinajstić information content (AvgIpc) is 2.38. The fraction of sp³-hybridized carbons (Fsp3) is 0.857. The van der Waals surface area contributed by atoms with Gasteiger partial charge in [0.05, 0.1) is 19.1 Å². The van der Waals surface area contributed by atoms with Gasteiger partial charge in [-0.1, -0.05) is 13.8 Å². The van der Waals surface area contributed by atoms with Gasteiger partial charge in [-0.05, 0) is 31.8 Å². The Balaban J connectivity index is 2.30. The van der Waals surface area contributed by atoms with Crippen molar-refractivity contribution in [2.24, 2.45) is 5.92 Å². The summed E-state index contributed by atoms with van der Waals surface area (Å²) in [5, 5.41) is 12.1. The molecule has 6 nitrogen and oxygen atoms in total. The minimum Gasteiger partial charge on any atom is -0.480 e. The SMILES string of the molecule is CC(C)CN(CC(=O)O)C(=O)CCOC1CCNCC1. The maximum Gasteiger partial charge on any atom is 0.323 e. The standard InChI is InChI=1S/C14H26N2O4/c1-11(2)9-16(10-14(18)19)13(17)5-8-20-12-3-6-15-7-4-12/h11-12,15H,3-10H2,1-2H3,(H,18,19). The molecule has 0 saturated carbocycles. The zero-order valence-corrected chi connectivity index (χ0v) is 12.4. The Morgan fingerprint density at radius 3 is 2.55 bits per heavy atom. The van der Waals surface area contributed by atoms with Crippen molar-refractivity contribution in [3.63, 3.8) is 0 Å². The fourth-order valence-electron chi connectivity index (χ4n) is 2.29. The van der Waals surface area contributed by atoms with Gasteiger partial charge in [-0.2, -0.15) is 0 Å². The van der Waals surface area contributed by atoms with Crippen LogP contribution in [0, 0.1) is 5.92 Å². The van der Waals surface area contributed by atoms with E-state index in [9.17, 15) is 9.59 Å². The smallest absolute Gasteiger partial charge is 0.323 e. The highest BCUT2D eigenvalue weighted by Crippen LogP contribution is 2.08. The normalized spacial score (nSPS) is 16.4. The summed E-state index contributed by atoms with van der Waals surface area (Å²) in [5.41, 5.74) is 0. The molecule has 116 valence electrons. The number of nitrogens with one attached hydrogen (secondary N) is 1. The Morgan fingerprint density at radius 2 is 2.00 bits per heavy atom. The lowest BCUT2D eigenvalue weighted by molar-refractivity contribution is -0.145. The first-order chi connectivity index (χ1) is 9.49. The summed E-state index contributed by atoms with van der Waals surface area (Å²) in [6.07, 6.45) is 2.42. The van der Waals surface area contributed by atoms with Crippen molar-refractivity contribution in [3.05, 3.63) is 0 Å². The molecule has 0 radical (unpaired) electrons.